The maximum atomic E-state index is 3.33. The Bertz CT molecular complexity index is 619. The zero-order chi connectivity index (χ0) is 15.0. The Morgan fingerprint density at radius 3 is 2.18 bits per heavy atom. The summed E-state index contributed by atoms with van der Waals surface area (Å²) in [6.07, 6.45) is 2.67. The van der Waals surface area contributed by atoms with Gasteiger partial charge in [-0.15, -0.1) is 0 Å². The molecule has 0 N–H and O–H groups in total. The zero-order valence-electron chi connectivity index (χ0n) is 12.9. The van der Waals surface area contributed by atoms with E-state index < -0.39 is 0 Å². The molecule has 0 saturated carbocycles. The number of anilines is 1. The van der Waals surface area contributed by atoms with E-state index in [-0.39, 0.29) is 0 Å². The minimum atomic E-state index is 0.948. The van der Waals surface area contributed by atoms with Gasteiger partial charge >= 0.3 is 0 Å². The minimum Gasteiger partial charge on any atom is -0.302 e. The molecule has 22 heavy (non-hydrogen) atoms. The summed E-state index contributed by atoms with van der Waals surface area (Å²) in [7, 11) is 0. The second-order valence-electron chi connectivity index (χ2n) is 5.64. The molecule has 1 aliphatic heterocycles. The van der Waals surface area contributed by atoms with Gasteiger partial charge in [-0.25, -0.2) is 0 Å². The standard InChI is InChI=1S/C20H22N2/c1-3-9-19(10-4-1)13-16-22(20-11-5-2-6-12-20)18-17-21-14-7-8-15-21/h1-6,9-12H,7-8,14-15,17-18H2. The van der Waals surface area contributed by atoms with Crippen molar-refractivity contribution in [3.8, 4) is 12.0 Å². The predicted octanol–water partition coefficient (Wildman–Crippen LogP) is 3.60. The van der Waals surface area contributed by atoms with Crippen molar-refractivity contribution >= 4 is 5.69 Å². The van der Waals surface area contributed by atoms with Crippen molar-refractivity contribution in [2.75, 3.05) is 31.1 Å². The molecular formula is C20H22N2. The molecular weight excluding hydrogens is 268 g/mol. The summed E-state index contributed by atoms with van der Waals surface area (Å²) in [6.45, 7) is 4.49. The molecule has 0 aromatic heterocycles. The van der Waals surface area contributed by atoms with Crippen molar-refractivity contribution in [2.45, 2.75) is 12.8 Å². The Kier molecular flexibility index (Phi) is 5.13. The van der Waals surface area contributed by atoms with Crippen LogP contribution in [0.3, 0.4) is 0 Å². The SMILES string of the molecule is C(#CN(CCN1CCCC1)c1ccccc1)c1ccccc1. The average molecular weight is 290 g/mol. The topological polar surface area (TPSA) is 6.48 Å². The van der Waals surface area contributed by atoms with Crippen LogP contribution in [0.2, 0.25) is 0 Å². The first-order chi connectivity index (χ1) is 10.9. The largest absolute Gasteiger partial charge is 0.302 e. The summed E-state index contributed by atoms with van der Waals surface area (Å²) in [5, 5.41) is 0. The van der Waals surface area contributed by atoms with E-state index in [0.717, 1.165) is 18.7 Å². The molecule has 3 rings (SSSR count). The van der Waals surface area contributed by atoms with Crippen LogP contribution in [-0.2, 0) is 0 Å². The summed E-state index contributed by atoms with van der Waals surface area (Å²) >= 11 is 0. The highest BCUT2D eigenvalue weighted by Gasteiger charge is 2.12. The fraction of sp³-hybridized carbons (Fsp3) is 0.300. The second kappa shape index (κ2) is 7.68. The molecule has 0 unspecified atom stereocenters. The molecule has 2 nitrogen and oxygen atoms in total. The van der Waals surface area contributed by atoms with E-state index in [0.29, 0.717) is 0 Å². The van der Waals surface area contributed by atoms with Gasteiger partial charge in [0.15, 0.2) is 0 Å². The highest BCUT2D eigenvalue weighted by molar-refractivity contribution is 5.53. The van der Waals surface area contributed by atoms with E-state index in [2.05, 4.69) is 58.2 Å². The molecule has 1 aliphatic rings. The number of hydrogen-bond donors (Lipinski definition) is 0. The van der Waals surface area contributed by atoms with Gasteiger partial charge in [0.25, 0.3) is 0 Å². The Morgan fingerprint density at radius 2 is 1.50 bits per heavy atom. The normalized spacial score (nSPS) is 14.4. The maximum Gasteiger partial charge on any atom is 0.0489 e. The molecule has 2 aromatic rings. The van der Waals surface area contributed by atoms with E-state index >= 15 is 0 Å². The van der Waals surface area contributed by atoms with Gasteiger partial charge in [0.1, 0.15) is 0 Å². The van der Waals surface area contributed by atoms with Crippen molar-refractivity contribution in [3.63, 3.8) is 0 Å². The quantitative estimate of drug-likeness (QED) is 0.627. The maximum absolute atomic E-state index is 3.33. The molecule has 0 atom stereocenters. The molecule has 0 radical (unpaired) electrons. The Labute approximate surface area is 133 Å². The van der Waals surface area contributed by atoms with Crippen LogP contribution in [0.15, 0.2) is 60.7 Å². The van der Waals surface area contributed by atoms with Crippen molar-refractivity contribution in [1.29, 1.82) is 0 Å². The van der Waals surface area contributed by atoms with Crippen LogP contribution in [0, 0.1) is 12.0 Å². The van der Waals surface area contributed by atoms with Gasteiger partial charge in [-0.2, -0.15) is 0 Å². The summed E-state index contributed by atoms with van der Waals surface area (Å²) in [5.41, 5.74) is 2.23. The van der Waals surface area contributed by atoms with Crippen LogP contribution in [0.1, 0.15) is 18.4 Å². The van der Waals surface area contributed by atoms with E-state index in [1.807, 2.05) is 24.3 Å². The Morgan fingerprint density at radius 1 is 0.864 bits per heavy atom. The van der Waals surface area contributed by atoms with Crippen LogP contribution in [0.4, 0.5) is 5.69 Å². The number of nitrogens with zero attached hydrogens (tertiary/aromatic N) is 2. The molecule has 1 heterocycles. The third kappa shape index (κ3) is 4.13. The first-order valence-electron chi connectivity index (χ1n) is 8.03. The Balaban J connectivity index is 1.72. The molecule has 112 valence electrons. The molecule has 2 heteroatoms. The fourth-order valence-electron chi connectivity index (χ4n) is 2.76. The summed E-state index contributed by atoms with van der Waals surface area (Å²) < 4.78 is 0. The molecule has 0 amide bonds. The molecule has 0 bridgehead atoms. The smallest absolute Gasteiger partial charge is 0.0489 e. The van der Waals surface area contributed by atoms with Crippen LogP contribution in [-0.4, -0.2) is 31.1 Å². The summed E-state index contributed by atoms with van der Waals surface area (Å²) in [5.74, 6) is 3.28. The lowest BCUT2D eigenvalue weighted by Gasteiger charge is -2.22. The van der Waals surface area contributed by atoms with E-state index in [1.165, 1.54) is 31.6 Å². The number of likely N-dealkylation sites (tertiary alicyclic amines) is 1. The first kappa shape index (κ1) is 14.7. The van der Waals surface area contributed by atoms with Crippen LogP contribution < -0.4 is 4.90 Å². The third-order valence-electron chi connectivity index (χ3n) is 4.02. The summed E-state index contributed by atoms with van der Waals surface area (Å²) in [6, 6.07) is 24.0. The second-order valence-corrected chi connectivity index (χ2v) is 5.64. The molecule has 0 aliphatic carbocycles. The van der Waals surface area contributed by atoms with Crippen LogP contribution in [0.25, 0.3) is 0 Å². The molecule has 1 saturated heterocycles. The lowest BCUT2D eigenvalue weighted by molar-refractivity contribution is 0.348. The number of para-hydroxylation sites is 1. The Hall–Kier alpha value is -2.24. The van der Waals surface area contributed by atoms with Crippen LogP contribution in [0.5, 0.6) is 0 Å². The van der Waals surface area contributed by atoms with Gasteiger partial charge in [0.05, 0.1) is 0 Å². The van der Waals surface area contributed by atoms with Crippen molar-refractivity contribution < 1.29 is 0 Å². The average Bonchev–Trinajstić information content (AvgIpc) is 3.10. The molecule has 0 spiro atoms. The number of rotatable bonds is 4. The van der Waals surface area contributed by atoms with E-state index in [4.69, 9.17) is 0 Å². The van der Waals surface area contributed by atoms with Gasteiger partial charge in [-0.1, -0.05) is 36.4 Å². The monoisotopic (exact) mass is 290 g/mol. The predicted molar refractivity (Wildman–Crippen MR) is 92.8 cm³/mol. The number of hydrogen-bond acceptors (Lipinski definition) is 2. The molecule has 2 aromatic carbocycles. The lowest BCUT2D eigenvalue weighted by Crippen LogP contribution is -2.31. The van der Waals surface area contributed by atoms with Gasteiger partial charge in [0, 0.05) is 30.4 Å². The van der Waals surface area contributed by atoms with E-state index in [1.54, 1.807) is 0 Å². The van der Waals surface area contributed by atoms with E-state index in [9.17, 15) is 0 Å². The van der Waals surface area contributed by atoms with Gasteiger partial charge in [-0.3, -0.25) is 4.90 Å². The lowest BCUT2D eigenvalue weighted by atomic mass is 10.2. The fourth-order valence-corrected chi connectivity index (χ4v) is 2.76. The van der Waals surface area contributed by atoms with Gasteiger partial charge in [-0.05, 0) is 56.1 Å². The third-order valence-corrected chi connectivity index (χ3v) is 4.02. The van der Waals surface area contributed by atoms with Crippen molar-refractivity contribution in [2.24, 2.45) is 0 Å². The first-order valence-corrected chi connectivity index (χ1v) is 8.03. The molecule has 1 fully saturated rings. The highest BCUT2D eigenvalue weighted by Crippen LogP contribution is 2.13. The van der Waals surface area contributed by atoms with Crippen molar-refractivity contribution in [1.82, 2.24) is 4.90 Å². The van der Waals surface area contributed by atoms with Gasteiger partial charge in [0.2, 0.25) is 0 Å². The summed E-state index contributed by atoms with van der Waals surface area (Å²) in [4.78, 5) is 4.70. The zero-order valence-corrected chi connectivity index (χ0v) is 12.9. The van der Waals surface area contributed by atoms with Gasteiger partial charge < -0.3 is 4.90 Å². The number of benzene rings is 2. The van der Waals surface area contributed by atoms with Crippen LogP contribution >= 0.6 is 0 Å². The van der Waals surface area contributed by atoms with Crippen molar-refractivity contribution in [3.05, 3.63) is 66.2 Å². The highest BCUT2D eigenvalue weighted by atomic mass is 15.2. The minimum absolute atomic E-state index is 0.948.